The molecule has 5 rings (SSSR count). The molecule has 1 aromatic heterocycles. The van der Waals surface area contributed by atoms with E-state index in [1.807, 2.05) is 30.3 Å². The Balaban J connectivity index is 1.38. The predicted octanol–water partition coefficient (Wildman–Crippen LogP) is 3.64. The third-order valence-electron chi connectivity index (χ3n) is 4.67. The monoisotopic (exact) mass is 383 g/mol. The van der Waals surface area contributed by atoms with Crippen LogP contribution in [0.3, 0.4) is 0 Å². The Bertz CT molecular complexity index is 1040. The van der Waals surface area contributed by atoms with E-state index in [2.05, 4.69) is 10.1 Å². The molecule has 7 nitrogen and oxygen atoms in total. The summed E-state index contributed by atoms with van der Waals surface area (Å²) in [5, 5.41) is 4.67. The van der Waals surface area contributed by atoms with Gasteiger partial charge in [0.1, 0.15) is 0 Å². The van der Waals surface area contributed by atoms with Gasteiger partial charge in [0, 0.05) is 41.2 Å². The quantitative estimate of drug-likeness (QED) is 0.687. The Kier molecular flexibility index (Phi) is 3.75. The average Bonchev–Trinajstić information content (AvgIpc) is 3.40. The molecule has 3 aromatic rings. The molecule has 0 aliphatic carbocycles. The van der Waals surface area contributed by atoms with Gasteiger partial charge in [-0.15, -0.1) is 0 Å². The van der Waals surface area contributed by atoms with E-state index in [4.69, 9.17) is 25.6 Å². The number of benzene rings is 2. The number of ether oxygens (including phenoxy) is 2. The summed E-state index contributed by atoms with van der Waals surface area (Å²) >= 11 is 6.01. The van der Waals surface area contributed by atoms with E-state index in [0.717, 1.165) is 11.3 Å². The summed E-state index contributed by atoms with van der Waals surface area (Å²) in [5.74, 6) is 2.11. The minimum absolute atomic E-state index is 0.00738. The Labute approximate surface area is 159 Å². The molecule has 27 heavy (non-hydrogen) atoms. The van der Waals surface area contributed by atoms with E-state index in [1.165, 1.54) is 0 Å². The van der Waals surface area contributed by atoms with Crippen molar-refractivity contribution in [2.75, 3.05) is 18.2 Å². The Hall–Kier alpha value is -3.06. The van der Waals surface area contributed by atoms with Crippen LogP contribution >= 0.6 is 11.6 Å². The van der Waals surface area contributed by atoms with Crippen molar-refractivity contribution in [2.45, 2.75) is 12.3 Å². The van der Waals surface area contributed by atoms with Gasteiger partial charge in [-0.2, -0.15) is 4.98 Å². The molecule has 0 radical (unpaired) electrons. The number of carbonyl (C=O) groups excluding carboxylic acids is 1. The summed E-state index contributed by atoms with van der Waals surface area (Å²) in [6.07, 6.45) is 0.322. The Morgan fingerprint density at radius 2 is 2.00 bits per heavy atom. The van der Waals surface area contributed by atoms with Gasteiger partial charge in [-0.3, -0.25) is 4.79 Å². The molecule has 0 bridgehead atoms. The number of rotatable bonds is 3. The summed E-state index contributed by atoms with van der Waals surface area (Å²) in [6.45, 7) is 0.678. The molecule has 1 saturated heterocycles. The van der Waals surface area contributed by atoms with E-state index in [9.17, 15) is 4.79 Å². The lowest BCUT2D eigenvalue weighted by Crippen LogP contribution is -2.24. The fraction of sp³-hybridized carbons (Fsp3) is 0.211. The second-order valence-electron chi connectivity index (χ2n) is 6.41. The highest BCUT2D eigenvalue weighted by atomic mass is 35.5. The predicted molar refractivity (Wildman–Crippen MR) is 97.0 cm³/mol. The second kappa shape index (κ2) is 6.28. The van der Waals surface area contributed by atoms with Gasteiger partial charge in [-0.05, 0) is 30.3 Å². The summed E-state index contributed by atoms with van der Waals surface area (Å²) in [5.41, 5.74) is 1.52. The number of hydrogen-bond acceptors (Lipinski definition) is 6. The molecule has 2 aliphatic rings. The summed E-state index contributed by atoms with van der Waals surface area (Å²) in [6, 6.07) is 12.7. The number of fused-ring (bicyclic) bond motifs is 1. The van der Waals surface area contributed by atoms with Crippen LogP contribution in [-0.2, 0) is 4.79 Å². The molecule has 8 heteroatoms. The Morgan fingerprint density at radius 1 is 1.11 bits per heavy atom. The minimum atomic E-state index is -0.139. The first-order valence-electron chi connectivity index (χ1n) is 8.47. The van der Waals surface area contributed by atoms with E-state index in [1.54, 1.807) is 17.0 Å². The third-order valence-corrected chi connectivity index (χ3v) is 4.91. The molecule has 0 saturated carbocycles. The van der Waals surface area contributed by atoms with Gasteiger partial charge < -0.3 is 18.9 Å². The molecule has 2 aromatic carbocycles. The van der Waals surface area contributed by atoms with Crippen LogP contribution in [0.1, 0.15) is 18.2 Å². The molecule has 1 amide bonds. The van der Waals surface area contributed by atoms with Crippen LogP contribution in [0.25, 0.3) is 11.5 Å². The average molecular weight is 384 g/mol. The van der Waals surface area contributed by atoms with Gasteiger partial charge in [0.05, 0.1) is 0 Å². The van der Waals surface area contributed by atoms with Crippen molar-refractivity contribution in [1.82, 2.24) is 10.1 Å². The highest BCUT2D eigenvalue weighted by molar-refractivity contribution is 6.30. The number of hydrogen-bond donors (Lipinski definition) is 0. The van der Waals surface area contributed by atoms with Gasteiger partial charge in [-0.25, -0.2) is 0 Å². The third kappa shape index (κ3) is 2.90. The smallest absolute Gasteiger partial charge is 0.257 e. The first kappa shape index (κ1) is 16.1. The summed E-state index contributed by atoms with van der Waals surface area (Å²) in [4.78, 5) is 18.7. The lowest BCUT2D eigenvalue weighted by molar-refractivity contribution is -0.117. The van der Waals surface area contributed by atoms with E-state index in [-0.39, 0.29) is 18.6 Å². The standard InChI is InChI=1S/C19H14ClN3O4/c20-13-3-1-2-11(6-13)19-21-18(22-27-19)12-7-17(24)23(9-12)14-4-5-15-16(8-14)26-10-25-15/h1-6,8,12H,7,9-10H2. The fourth-order valence-corrected chi connectivity index (χ4v) is 3.51. The van der Waals surface area contributed by atoms with Crippen LogP contribution in [0, 0.1) is 0 Å². The number of aromatic nitrogens is 2. The van der Waals surface area contributed by atoms with Crippen molar-refractivity contribution in [3.63, 3.8) is 0 Å². The highest BCUT2D eigenvalue weighted by Crippen LogP contribution is 2.38. The molecule has 1 fully saturated rings. The minimum Gasteiger partial charge on any atom is -0.454 e. The maximum absolute atomic E-state index is 12.5. The zero-order chi connectivity index (χ0) is 18.4. The molecule has 3 heterocycles. The van der Waals surface area contributed by atoms with Gasteiger partial charge in [-0.1, -0.05) is 22.8 Å². The van der Waals surface area contributed by atoms with Gasteiger partial charge in [0.15, 0.2) is 17.3 Å². The van der Waals surface area contributed by atoms with Gasteiger partial charge in [0.2, 0.25) is 12.7 Å². The van der Waals surface area contributed by atoms with Crippen molar-refractivity contribution in [1.29, 1.82) is 0 Å². The number of halogens is 1. The SMILES string of the molecule is O=C1CC(c2noc(-c3cccc(Cl)c3)n2)CN1c1ccc2c(c1)OCO2. The highest BCUT2D eigenvalue weighted by Gasteiger charge is 2.35. The molecule has 136 valence electrons. The first-order valence-corrected chi connectivity index (χ1v) is 8.85. The molecule has 1 unspecified atom stereocenters. The molecule has 0 N–H and O–H groups in total. The number of nitrogens with zero attached hydrogens (tertiary/aromatic N) is 3. The van der Waals surface area contributed by atoms with Crippen molar-refractivity contribution in [3.8, 4) is 23.0 Å². The van der Waals surface area contributed by atoms with Crippen molar-refractivity contribution in [2.24, 2.45) is 0 Å². The van der Waals surface area contributed by atoms with Crippen LogP contribution < -0.4 is 14.4 Å². The van der Waals surface area contributed by atoms with Crippen LogP contribution in [0.5, 0.6) is 11.5 Å². The molecule has 0 spiro atoms. The first-order chi connectivity index (χ1) is 13.2. The maximum atomic E-state index is 12.5. The van der Waals surface area contributed by atoms with Crippen molar-refractivity contribution >= 4 is 23.2 Å². The van der Waals surface area contributed by atoms with Gasteiger partial charge >= 0.3 is 0 Å². The van der Waals surface area contributed by atoms with E-state index in [0.29, 0.717) is 41.2 Å². The largest absolute Gasteiger partial charge is 0.454 e. The summed E-state index contributed by atoms with van der Waals surface area (Å²) in [7, 11) is 0. The molecular weight excluding hydrogens is 370 g/mol. The van der Waals surface area contributed by atoms with Crippen LogP contribution in [-0.4, -0.2) is 29.4 Å². The van der Waals surface area contributed by atoms with E-state index >= 15 is 0 Å². The second-order valence-corrected chi connectivity index (χ2v) is 6.85. The number of carbonyl (C=O) groups is 1. The number of amides is 1. The van der Waals surface area contributed by atoms with E-state index < -0.39 is 0 Å². The van der Waals surface area contributed by atoms with Crippen LogP contribution in [0.4, 0.5) is 5.69 Å². The molecular formula is C19H14ClN3O4. The summed E-state index contributed by atoms with van der Waals surface area (Å²) < 4.78 is 16.1. The topological polar surface area (TPSA) is 77.7 Å². The number of anilines is 1. The van der Waals surface area contributed by atoms with Crippen molar-refractivity contribution in [3.05, 3.63) is 53.3 Å². The lowest BCUT2D eigenvalue weighted by Gasteiger charge is -2.16. The van der Waals surface area contributed by atoms with Crippen molar-refractivity contribution < 1.29 is 18.8 Å². The zero-order valence-corrected chi connectivity index (χ0v) is 14.8. The molecule has 1 atom stereocenters. The van der Waals surface area contributed by atoms with Crippen LogP contribution in [0.2, 0.25) is 5.02 Å². The van der Waals surface area contributed by atoms with Crippen LogP contribution in [0.15, 0.2) is 47.0 Å². The molecule has 2 aliphatic heterocycles. The normalized spacial score (nSPS) is 18.3. The zero-order valence-electron chi connectivity index (χ0n) is 14.1. The Morgan fingerprint density at radius 3 is 2.89 bits per heavy atom. The lowest BCUT2D eigenvalue weighted by atomic mass is 10.1. The maximum Gasteiger partial charge on any atom is 0.257 e. The fourth-order valence-electron chi connectivity index (χ4n) is 3.32. The van der Waals surface area contributed by atoms with Gasteiger partial charge in [0.25, 0.3) is 5.89 Å².